The number of rotatable bonds is 8. The topological polar surface area (TPSA) is 63.2 Å². The predicted octanol–water partition coefficient (Wildman–Crippen LogP) is 3.84. The quantitative estimate of drug-likeness (QED) is 0.506. The summed E-state index contributed by atoms with van der Waals surface area (Å²) in [5.41, 5.74) is 1.89. The molecule has 1 unspecified atom stereocenters. The molecule has 0 aromatic heterocycles. The van der Waals surface area contributed by atoms with Gasteiger partial charge in [0.15, 0.2) is 6.61 Å². The number of piperidine rings is 1. The highest BCUT2D eigenvalue weighted by atomic mass is 16.6. The molecule has 4 fully saturated rings. The molecule has 170 valence electrons. The van der Waals surface area contributed by atoms with E-state index in [1.54, 1.807) is 0 Å². The van der Waals surface area contributed by atoms with E-state index in [4.69, 9.17) is 9.57 Å². The molecule has 0 radical (unpaired) electrons. The molecular formula is C25H37N3O3. The second-order valence-electron chi connectivity index (χ2n) is 9.70. The number of oxime groups is 1. The maximum Gasteiger partial charge on any atom is 0.257 e. The lowest BCUT2D eigenvalue weighted by atomic mass is 9.69. The number of amides is 1. The molecule has 1 heterocycles. The molecule has 1 N–H and O–H groups in total. The van der Waals surface area contributed by atoms with E-state index in [2.05, 4.69) is 22.4 Å². The Morgan fingerprint density at radius 2 is 1.81 bits per heavy atom. The Morgan fingerprint density at radius 1 is 1.10 bits per heavy atom. The first-order valence-electron chi connectivity index (χ1n) is 12.0. The smallest absolute Gasteiger partial charge is 0.257 e. The fraction of sp³-hybridized carbons (Fsp3) is 0.680. The van der Waals surface area contributed by atoms with Crippen molar-refractivity contribution in [3.05, 3.63) is 29.8 Å². The second-order valence-corrected chi connectivity index (χ2v) is 9.70. The lowest BCUT2D eigenvalue weighted by Crippen LogP contribution is -2.38. The molecular weight excluding hydrogens is 390 g/mol. The summed E-state index contributed by atoms with van der Waals surface area (Å²) in [7, 11) is 2.15. The highest BCUT2D eigenvalue weighted by Gasteiger charge is 2.37. The van der Waals surface area contributed by atoms with Gasteiger partial charge in [-0.1, -0.05) is 5.16 Å². The zero-order valence-electron chi connectivity index (χ0n) is 19.0. The molecule has 3 aliphatic carbocycles. The third-order valence-corrected chi connectivity index (χ3v) is 7.38. The van der Waals surface area contributed by atoms with Gasteiger partial charge >= 0.3 is 0 Å². The first-order valence-corrected chi connectivity index (χ1v) is 12.0. The van der Waals surface area contributed by atoms with E-state index in [0.717, 1.165) is 56.1 Å². The Morgan fingerprint density at radius 3 is 2.45 bits per heavy atom. The number of nitrogens with one attached hydrogen (secondary N) is 1. The van der Waals surface area contributed by atoms with Gasteiger partial charge in [0.1, 0.15) is 11.9 Å². The van der Waals surface area contributed by atoms with E-state index in [0.29, 0.717) is 17.6 Å². The Bertz CT molecular complexity index is 748. The molecule has 1 amide bonds. The fourth-order valence-corrected chi connectivity index (χ4v) is 5.16. The van der Waals surface area contributed by atoms with Gasteiger partial charge < -0.3 is 19.8 Å². The zero-order valence-corrected chi connectivity index (χ0v) is 19.0. The predicted molar refractivity (Wildman–Crippen MR) is 122 cm³/mol. The van der Waals surface area contributed by atoms with Crippen LogP contribution in [0.5, 0.6) is 5.75 Å². The Kier molecular flexibility index (Phi) is 7.49. The molecule has 0 spiro atoms. The number of hydrogen-bond acceptors (Lipinski definition) is 5. The molecule has 6 heteroatoms. The number of fused-ring (bicyclic) bond motifs is 3. The van der Waals surface area contributed by atoms with E-state index in [-0.39, 0.29) is 18.6 Å². The molecule has 5 rings (SSSR count). The van der Waals surface area contributed by atoms with Crippen LogP contribution < -0.4 is 10.1 Å². The van der Waals surface area contributed by atoms with Crippen molar-refractivity contribution in [2.75, 3.05) is 33.3 Å². The average Bonchev–Trinajstić information content (AvgIpc) is 2.82. The molecule has 4 aliphatic rings. The monoisotopic (exact) mass is 427 g/mol. The van der Waals surface area contributed by atoms with E-state index in [9.17, 15) is 4.79 Å². The van der Waals surface area contributed by atoms with E-state index in [1.165, 1.54) is 25.7 Å². The number of ether oxygens (including phenoxy) is 1. The molecule has 1 aliphatic heterocycles. The normalized spacial score (nSPS) is 27.2. The first-order chi connectivity index (χ1) is 15.1. The van der Waals surface area contributed by atoms with Gasteiger partial charge in [-0.05, 0) is 120 Å². The van der Waals surface area contributed by atoms with Crippen molar-refractivity contribution >= 4 is 11.6 Å². The summed E-state index contributed by atoms with van der Waals surface area (Å²) >= 11 is 0. The fourth-order valence-electron chi connectivity index (χ4n) is 5.16. The molecule has 1 atom stereocenters. The third kappa shape index (κ3) is 6.22. The molecule has 1 aromatic rings. The lowest BCUT2D eigenvalue weighted by molar-refractivity contribution is -0.123. The molecule has 31 heavy (non-hydrogen) atoms. The number of benzene rings is 1. The van der Waals surface area contributed by atoms with Crippen LogP contribution in [0.3, 0.4) is 0 Å². The first kappa shape index (κ1) is 22.1. The van der Waals surface area contributed by atoms with Gasteiger partial charge in [-0.2, -0.15) is 0 Å². The number of carbonyl (C=O) groups excluding carboxylic acids is 1. The van der Waals surface area contributed by atoms with Crippen LogP contribution in [0.1, 0.15) is 57.4 Å². The molecule has 1 saturated heterocycles. The third-order valence-electron chi connectivity index (χ3n) is 7.38. The van der Waals surface area contributed by atoms with Crippen molar-refractivity contribution in [1.29, 1.82) is 0 Å². The zero-order chi connectivity index (χ0) is 21.6. The van der Waals surface area contributed by atoms with Crippen LogP contribution in [-0.4, -0.2) is 55.9 Å². The van der Waals surface area contributed by atoms with E-state index in [1.807, 2.05) is 31.2 Å². The van der Waals surface area contributed by atoms with Crippen LogP contribution in [0.2, 0.25) is 0 Å². The molecule has 2 bridgehead atoms. The van der Waals surface area contributed by atoms with Crippen molar-refractivity contribution in [3.63, 3.8) is 0 Å². The minimum atomic E-state index is -0.0593. The standard InChI is InChI=1S/C25H37N3O3/c1-18(27-31-24-15-19-3-5-22(24)6-4-19)21-7-9-23(10-8-21)30-17-25(29)26-16-20-11-13-28(2)14-12-20/h7-10,19-20,22,24H,3-6,11-17H2,1-2H3,(H,26,29)/b27-18+. The number of hydrogen-bond donors (Lipinski definition) is 1. The van der Waals surface area contributed by atoms with Gasteiger partial charge in [-0.3, -0.25) is 4.79 Å². The SMILES string of the molecule is C/C(=N\OC1CC2CCC1CC2)c1ccc(OCC(=O)NCC2CCN(C)CC2)cc1. The van der Waals surface area contributed by atoms with Gasteiger partial charge in [-0.25, -0.2) is 0 Å². The Hall–Kier alpha value is -2.08. The Balaban J connectivity index is 1.18. The molecule has 1 aromatic carbocycles. The summed E-state index contributed by atoms with van der Waals surface area (Å²) in [6, 6.07) is 7.73. The van der Waals surface area contributed by atoms with Gasteiger partial charge in [0.2, 0.25) is 0 Å². The maximum absolute atomic E-state index is 12.1. The summed E-state index contributed by atoms with van der Waals surface area (Å²) in [5, 5.41) is 7.43. The van der Waals surface area contributed by atoms with Crippen LogP contribution in [0.15, 0.2) is 29.4 Å². The van der Waals surface area contributed by atoms with Gasteiger partial charge in [0.25, 0.3) is 5.91 Å². The largest absolute Gasteiger partial charge is 0.484 e. The van der Waals surface area contributed by atoms with Crippen molar-refractivity contribution in [2.45, 2.75) is 58.0 Å². The summed E-state index contributed by atoms with van der Waals surface area (Å²) in [6.07, 6.45) is 9.06. The minimum absolute atomic E-state index is 0.0480. The summed E-state index contributed by atoms with van der Waals surface area (Å²) < 4.78 is 5.66. The van der Waals surface area contributed by atoms with Gasteiger partial charge in [0, 0.05) is 6.54 Å². The minimum Gasteiger partial charge on any atom is -0.484 e. The highest BCUT2D eigenvalue weighted by Crippen LogP contribution is 2.42. The van der Waals surface area contributed by atoms with Crippen molar-refractivity contribution in [3.8, 4) is 5.75 Å². The van der Waals surface area contributed by atoms with Gasteiger partial charge in [0.05, 0.1) is 5.71 Å². The Labute approximate surface area is 186 Å². The van der Waals surface area contributed by atoms with Crippen LogP contribution in [0, 0.1) is 17.8 Å². The lowest BCUT2D eigenvalue weighted by Gasteiger charge is -2.40. The van der Waals surface area contributed by atoms with Crippen LogP contribution in [0.4, 0.5) is 0 Å². The highest BCUT2D eigenvalue weighted by molar-refractivity contribution is 5.98. The van der Waals surface area contributed by atoms with E-state index >= 15 is 0 Å². The molecule has 6 nitrogen and oxygen atoms in total. The maximum atomic E-state index is 12.1. The van der Waals surface area contributed by atoms with Gasteiger partial charge in [-0.15, -0.1) is 0 Å². The van der Waals surface area contributed by atoms with Crippen molar-refractivity contribution < 1.29 is 14.4 Å². The average molecular weight is 428 g/mol. The summed E-state index contributed by atoms with van der Waals surface area (Å²) in [5.74, 6) is 2.73. The van der Waals surface area contributed by atoms with Crippen LogP contribution in [-0.2, 0) is 9.63 Å². The number of carbonyl (C=O) groups is 1. The van der Waals surface area contributed by atoms with Crippen molar-refractivity contribution in [1.82, 2.24) is 10.2 Å². The summed E-state index contributed by atoms with van der Waals surface area (Å²) in [6.45, 7) is 4.99. The van der Waals surface area contributed by atoms with Crippen LogP contribution >= 0.6 is 0 Å². The second kappa shape index (κ2) is 10.5. The molecule has 3 saturated carbocycles. The van der Waals surface area contributed by atoms with Crippen molar-refractivity contribution in [2.24, 2.45) is 22.9 Å². The number of likely N-dealkylation sites (tertiary alicyclic amines) is 1. The number of nitrogens with zero attached hydrogens (tertiary/aromatic N) is 2. The summed E-state index contributed by atoms with van der Waals surface area (Å²) in [4.78, 5) is 20.4. The van der Waals surface area contributed by atoms with Crippen LogP contribution in [0.25, 0.3) is 0 Å². The van der Waals surface area contributed by atoms with E-state index < -0.39 is 0 Å².